The summed E-state index contributed by atoms with van der Waals surface area (Å²) in [5.41, 5.74) is 4.51. The van der Waals surface area contributed by atoms with Crippen molar-refractivity contribution in [3.8, 4) is 0 Å². The molecule has 2 N–H and O–H groups in total. The van der Waals surface area contributed by atoms with Gasteiger partial charge in [-0.25, -0.2) is 0 Å². The van der Waals surface area contributed by atoms with Gasteiger partial charge < -0.3 is 5.84 Å². The average molecular weight is 252 g/mol. The van der Waals surface area contributed by atoms with Crippen molar-refractivity contribution in [1.82, 2.24) is 4.68 Å². The van der Waals surface area contributed by atoms with Crippen molar-refractivity contribution < 1.29 is 0 Å². The van der Waals surface area contributed by atoms with Crippen LogP contribution in [-0.4, -0.2) is 12.5 Å². The van der Waals surface area contributed by atoms with E-state index in [-0.39, 0.29) is 0 Å². The highest BCUT2D eigenvalue weighted by Crippen LogP contribution is 2.22. The molecule has 0 spiro atoms. The Morgan fingerprint density at radius 2 is 1.89 bits per heavy atom. The summed E-state index contributed by atoms with van der Waals surface area (Å²) in [7, 11) is 6.03. The molecule has 0 amide bonds. The Morgan fingerprint density at radius 3 is 2.47 bits per heavy atom. The standard InChI is InChI=1S/C16H21BN2/c1-11(2)16-9-13(10-19(16)18)8-12(3)14-6-4-5-7-15(14)17/h4-7,9-12H,8,18H2,1-3H3. The van der Waals surface area contributed by atoms with Gasteiger partial charge in [0, 0.05) is 11.9 Å². The molecule has 0 saturated heterocycles. The van der Waals surface area contributed by atoms with Crippen molar-refractivity contribution in [1.29, 1.82) is 0 Å². The van der Waals surface area contributed by atoms with E-state index in [1.54, 1.807) is 4.68 Å². The molecule has 3 heteroatoms. The molecule has 0 saturated carbocycles. The topological polar surface area (TPSA) is 30.9 Å². The summed E-state index contributed by atoms with van der Waals surface area (Å²) in [4.78, 5) is 0. The summed E-state index contributed by atoms with van der Waals surface area (Å²) in [6.07, 6.45) is 2.98. The zero-order valence-corrected chi connectivity index (χ0v) is 11.9. The minimum absolute atomic E-state index is 0.392. The van der Waals surface area contributed by atoms with Gasteiger partial charge in [-0.1, -0.05) is 56.1 Å². The van der Waals surface area contributed by atoms with Crippen LogP contribution in [0.25, 0.3) is 0 Å². The van der Waals surface area contributed by atoms with Crippen LogP contribution in [0.15, 0.2) is 36.5 Å². The third-order valence-electron chi connectivity index (χ3n) is 3.60. The zero-order valence-electron chi connectivity index (χ0n) is 11.9. The molecule has 2 nitrogen and oxygen atoms in total. The van der Waals surface area contributed by atoms with Gasteiger partial charge in [-0.2, -0.15) is 0 Å². The number of hydrogen-bond donors (Lipinski definition) is 1. The van der Waals surface area contributed by atoms with Crippen LogP contribution in [0, 0.1) is 0 Å². The molecule has 2 aromatic rings. The average Bonchev–Trinajstić information content (AvgIpc) is 2.70. The van der Waals surface area contributed by atoms with Crippen LogP contribution >= 0.6 is 0 Å². The van der Waals surface area contributed by atoms with E-state index in [4.69, 9.17) is 13.7 Å². The normalized spacial score (nSPS) is 12.8. The van der Waals surface area contributed by atoms with Crippen LogP contribution in [0.4, 0.5) is 0 Å². The van der Waals surface area contributed by atoms with Crippen molar-refractivity contribution in [3.63, 3.8) is 0 Å². The van der Waals surface area contributed by atoms with Crippen LogP contribution in [0.3, 0.4) is 0 Å². The molecule has 98 valence electrons. The SMILES string of the molecule is [B]c1ccccc1C(C)Cc1cc(C(C)C)n(N)c1. The summed E-state index contributed by atoms with van der Waals surface area (Å²) >= 11 is 0. The number of nitrogens with zero attached hydrogens (tertiary/aromatic N) is 1. The number of nitrogen functional groups attached to an aromatic ring is 1. The Morgan fingerprint density at radius 1 is 1.21 bits per heavy atom. The molecule has 2 radical (unpaired) electrons. The lowest BCUT2D eigenvalue weighted by molar-refractivity contribution is 0.761. The molecule has 1 heterocycles. The number of aromatic nitrogens is 1. The smallest absolute Gasteiger partial charge is 0.114 e. The molecule has 1 atom stereocenters. The maximum Gasteiger partial charge on any atom is 0.114 e. The van der Waals surface area contributed by atoms with Crippen molar-refractivity contribution in [2.24, 2.45) is 0 Å². The highest BCUT2D eigenvalue weighted by molar-refractivity contribution is 6.33. The predicted octanol–water partition coefficient (Wildman–Crippen LogP) is 2.47. The van der Waals surface area contributed by atoms with E-state index in [0.29, 0.717) is 11.8 Å². The maximum atomic E-state index is 6.03. The Labute approximate surface area is 117 Å². The highest BCUT2D eigenvalue weighted by atomic mass is 15.3. The van der Waals surface area contributed by atoms with Crippen LogP contribution < -0.4 is 11.3 Å². The monoisotopic (exact) mass is 252 g/mol. The summed E-state index contributed by atoms with van der Waals surface area (Å²) in [5, 5.41) is 0. The lowest BCUT2D eigenvalue weighted by Gasteiger charge is -2.14. The van der Waals surface area contributed by atoms with Crippen LogP contribution in [-0.2, 0) is 6.42 Å². The van der Waals surface area contributed by atoms with Gasteiger partial charge in [-0.3, -0.25) is 4.68 Å². The first kappa shape index (κ1) is 13.8. The molecule has 0 fully saturated rings. The lowest BCUT2D eigenvalue weighted by atomic mass is 9.83. The second-order valence-electron chi connectivity index (χ2n) is 5.57. The maximum absolute atomic E-state index is 6.03. The van der Waals surface area contributed by atoms with Gasteiger partial charge in [0.05, 0.1) is 0 Å². The molecule has 0 bridgehead atoms. The van der Waals surface area contributed by atoms with Gasteiger partial charge in [0.25, 0.3) is 0 Å². The van der Waals surface area contributed by atoms with Crippen molar-refractivity contribution in [2.45, 2.75) is 39.0 Å². The summed E-state index contributed by atoms with van der Waals surface area (Å²) in [6, 6.07) is 10.3. The number of nitrogens with two attached hydrogens (primary N) is 1. The largest absolute Gasteiger partial charge is 0.339 e. The first-order valence-electron chi connectivity index (χ1n) is 6.79. The molecule has 1 aromatic carbocycles. The van der Waals surface area contributed by atoms with Gasteiger partial charge in [0.2, 0.25) is 0 Å². The van der Waals surface area contributed by atoms with Gasteiger partial charge in [0.1, 0.15) is 7.85 Å². The van der Waals surface area contributed by atoms with Crippen LogP contribution in [0.5, 0.6) is 0 Å². The Kier molecular flexibility index (Phi) is 4.03. The molecule has 0 aliphatic carbocycles. The highest BCUT2D eigenvalue weighted by Gasteiger charge is 2.12. The van der Waals surface area contributed by atoms with E-state index in [1.165, 1.54) is 16.8 Å². The molecule has 19 heavy (non-hydrogen) atoms. The summed E-state index contributed by atoms with van der Waals surface area (Å²) < 4.78 is 1.74. The van der Waals surface area contributed by atoms with E-state index in [2.05, 4.69) is 32.9 Å². The summed E-state index contributed by atoms with van der Waals surface area (Å²) in [6.45, 7) is 6.51. The van der Waals surface area contributed by atoms with Crippen molar-refractivity contribution >= 4 is 13.3 Å². The first-order valence-corrected chi connectivity index (χ1v) is 6.79. The molecular formula is C16H21BN2. The quantitative estimate of drug-likeness (QED) is 0.657. The van der Waals surface area contributed by atoms with Crippen molar-refractivity contribution in [2.75, 3.05) is 5.84 Å². The fourth-order valence-electron chi connectivity index (χ4n) is 2.55. The van der Waals surface area contributed by atoms with Gasteiger partial charge in [0.15, 0.2) is 0 Å². The van der Waals surface area contributed by atoms with Gasteiger partial charge >= 0.3 is 0 Å². The molecule has 2 rings (SSSR count). The number of benzene rings is 1. The fraction of sp³-hybridized carbons (Fsp3) is 0.375. The number of rotatable bonds is 4. The Balaban J connectivity index is 2.17. The number of hydrogen-bond acceptors (Lipinski definition) is 1. The minimum atomic E-state index is 0.392. The Bertz CT molecular complexity index is 558. The molecular weight excluding hydrogens is 231 g/mol. The van der Waals surface area contributed by atoms with Crippen LogP contribution in [0.2, 0.25) is 0 Å². The predicted molar refractivity (Wildman–Crippen MR) is 82.6 cm³/mol. The van der Waals surface area contributed by atoms with E-state index in [9.17, 15) is 0 Å². The minimum Gasteiger partial charge on any atom is -0.339 e. The van der Waals surface area contributed by atoms with Gasteiger partial charge in [-0.15, -0.1) is 0 Å². The second-order valence-corrected chi connectivity index (χ2v) is 5.57. The third-order valence-corrected chi connectivity index (χ3v) is 3.60. The van der Waals surface area contributed by atoms with Crippen molar-refractivity contribution in [3.05, 3.63) is 53.3 Å². The zero-order chi connectivity index (χ0) is 14.0. The van der Waals surface area contributed by atoms with E-state index < -0.39 is 0 Å². The molecule has 0 aliphatic heterocycles. The fourth-order valence-corrected chi connectivity index (χ4v) is 2.55. The second kappa shape index (κ2) is 5.56. The van der Waals surface area contributed by atoms with E-state index in [1.807, 2.05) is 24.4 Å². The van der Waals surface area contributed by atoms with Gasteiger partial charge in [-0.05, 0) is 29.9 Å². The first-order chi connectivity index (χ1) is 8.99. The third kappa shape index (κ3) is 3.03. The summed E-state index contributed by atoms with van der Waals surface area (Å²) in [5.74, 6) is 6.81. The molecule has 1 unspecified atom stereocenters. The lowest BCUT2D eigenvalue weighted by Crippen LogP contribution is -2.13. The molecule has 0 aliphatic rings. The Hall–Kier alpha value is -1.64. The van der Waals surface area contributed by atoms with Crippen LogP contribution in [0.1, 0.15) is 49.4 Å². The van der Waals surface area contributed by atoms with E-state index >= 15 is 0 Å². The molecule has 1 aromatic heterocycles. The van der Waals surface area contributed by atoms with E-state index in [0.717, 1.165) is 11.9 Å².